The number of fused-ring (bicyclic) bond motifs is 2. The normalized spacial score (nSPS) is 18.2. The van der Waals surface area contributed by atoms with Gasteiger partial charge in [0.2, 0.25) is 0 Å². The van der Waals surface area contributed by atoms with Gasteiger partial charge < -0.3 is 9.64 Å². The van der Waals surface area contributed by atoms with Crippen LogP contribution in [-0.2, 0) is 22.5 Å². The smallest absolute Gasteiger partial charge is 0.338 e. The molecule has 7 heteroatoms. The summed E-state index contributed by atoms with van der Waals surface area (Å²) in [5.74, 6) is -1.57. The summed E-state index contributed by atoms with van der Waals surface area (Å²) in [7, 11) is 0. The maximum atomic E-state index is 12.9. The van der Waals surface area contributed by atoms with E-state index in [1.807, 2.05) is 18.2 Å². The molecule has 1 saturated carbocycles. The number of hydrogen-bond acceptors (Lipinski definition) is 5. The van der Waals surface area contributed by atoms with E-state index in [-0.39, 0.29) is 41.5 Å². The molecule has 33 heavy (non-hydrogen) atoms. The second-order valence-electron chi connectivity index (χ2n) is 8.94. The Morgan fingerprint density at radius 3 is 2.42 bits per heavy atom. The third-order valence-corrected chi connectivity index (χ3v) is 6.90. The van der Waals surface area contributed by atoms with Crippen molar-refractivity contribution in [2.75, 3.05) is 13.2 Å². The van der Waals surface area contributed by atoms with E-state index in [1.165, 1.54) is 28.7 Å². The SMILES string of the molecule is O=C(OCC(=O)N1CCc2ccccc2C1)c1ccc2c(c1)C(=O)N(C1CCCCC1)C2=O. The fraction of sp³-hybridized carbons (Fsp3) is 0.385. The molecular formula is C26H26N2O5. The van der Waals surface area contributed by atoms with E-state index in [2.05, 4.69) is 6.07 Å². The molecule has 1 fully saturated rings. The van der Waals surface area contributed by atoms with Gasteiger partial charge in [-0.15, -0.1) is 0 Å². The summed E-state index contributed by atoms with van der Waals surface area (Å²) in [4.78, 5) is 54.0. The van der Waals surface area contributed by atoms with Gasteiger partial charge in [0, 0.05) is 19.1 Å². The summed E-state index contributed by atoms with van der Waals surface area (Å²) in [6, 6.07) is 12.3. The molecule has 0 spiro atoms. The molecular weight excluding hydrogens is 420 g/mol. The lowest BCUT2D eigenvalue weighted by Gasteiger charge is -2.29. The zero-order valence-corrected chi connectivity index (χ0v) is 18.4. The van der Waals surface area contributed by atoms with Crippen LogP contribution < -0.4 is 0 Å². The monoisotopic (exact) mass is 446 g/mol. The van der Waals surface area contributed by atoms with Gasteiger partial charge in [0.05, 0.1) is 16.7 Å². The first-order valence-corrected chi connectivity index (χ1v) is 11.6. The highest BCUT2D eigenvalue weighted by Crippen LogP contribution is 2.31. The number of imide groups is 1. The standard InChI is InChI=1S/C26H26N2O5/c29-23(27-13-12-17-6-4-5-7-19(17)15-27)16-33-26(32)18-10-11-21-22(14-18)25(31)28(24(21)30)20-8-2-1-3-9-20/h4-7,10-11,14,20H,1-3,8-9,12-13,15-16H2. The average molecular weight is 447 g/mol. The van der Waals surface area contributed by atoms with Crippen molar-refractivity contribution in [3.8, 4) is 0 Å². The molecule has 0 unspecified atom stereocenters. The molecule has 0 saturated heterocycles. The van der Waals surface area contributed by atoms with Crippen LogP contribution >= 0.6 is 0 Å². The molecule has 3 aliphatic rings. The minimum atomic E-state index is -0.681. The van der Waals surface area contributed by atoms with Crippen molar-refractivity contribution in [1.82, 2.24) is 9.80 Å². The quantitative estimate of drug-likeness (QED) is 0.531. The number of hydrogen-bond donors (Lipinski definition) is 0. The summed E-state index contributed by atoms with van der Waals surface area (Å²) >= 11 is 0. The van der Waals surface area contributed by atoms with Crippen LogP contribution in [0.2, 0.25) is 0 Å². The number of esters is 1. The van der Waals surface area contributed by atoms with Gasteiger partial charge in [-0.05, 0) is 48.6 Å². The second-order valence-corrected chi connectivity index (χ2v) is 8.94. The summed E-state index contributed by atoms with van der Waals surface area (Å²) in [5.41, 5.74) is 3.06. The number of nitrogens with zero attached hydrogens (tertiary/aromatic N) is 2. The van der Waals surface area contributed by atoms with Crippen LogP contribution in [0.4, 0.5) is 0 Å². The van der Waals surface area contributed by atoms with E-state index in [4.69, 9.17) is 4.74 Å². The van der Waals surface area contributed by atoms with Gasteiger partial charge in [-0.3, -0.25) is 19.3 Å². The predicted molar refractivity (Wildman–Crippen MR) is 120 cm³/mol. The molecule has 7 nitrogen and oxygen atoms in total. The van der Waals surface area contributed by atoms with Gasteiger partial charge in [0.25, 0.3) is 17.7 Å². The minimum Gasteiger partial charge on any atom is -0.452 e. The Balaban J connectivity index is 1.23. The van der Waals surface area contributed by atoms with E-state index < -0.39 is 5.97 Å². The third-order valence-electron chi connectivity index (χ3n) is 6.90. The summed E-state index contributed by atoms with van der Waals surface area (Å²) in [5, 5.41) is 0. The Hall–Kier alpha value is -3.48. The van der Waals surface area contributed by atoms with Gasteiger partial charge in [-0.25, -0.2) is 4.79 Å². The average Bonchev–Trinajstić information content (AvgIpc) is 3.11. The van der Waals surface area contributed by atoms with Crippen LogP contribution in [-0.4, -0.2) is 52.7 Å². The van der Waals surface area contributed by atoms with Crippen molar-refractivity contribution >= 4 is 23.7 Å². The Morgan fingerprint density at radius 1 is 0.909 bits per heavy atom. The van der Waals surface area contributed by atoms with E-state index >= 15 is 0 Å². The largest absolute Gasteiger partial charge is 0.452 e. The number of benzene rings is 2. The van der Waals surface area contributed by atoms with Crippen LogP contribution in [0.5, 0.6) is 0 Å². The Bertz CT molecular complexity index is 1140. The van der Waals surface area contributed by atoms with Crippen molar-refractivity contribution in [3.05, 3.63) is 70.3 Å². The molecule has 0 atom stereocenters. The lowest BCUT2D eigenvalue weighted by Crippen LogP contribution is -2.40. The molecule has 0 N–H and O–H groups in total. The van der Waals surface area contributed by atoms with Crippen molar-refractivity contribution in [1.29, 1.82) is 0 Å². The molecule has 0 aromatic heterocycles. The van der Waals surface area contributed by atoms with Crippen molar-refractivity contribution < 1.29 is 23.9 Å². The molecule has 0 radical (unpaired) electrons. The van der Waals surface area contributed by atoms with E-state index in [0.717, 1.165) is 44.1 Å². The van der Waals surface area contributed by atoms with Crippen LogP contribution in [0.1, 0.15) is 74.3 Å². The maximum Gasteiger partial charge on any atom is 0.338 e. The van der Waals surface area contributed by atoms with E-state index in [9.17, 15) is 19.2 Å². The molecule has 2 heterocycles. The first-order chi connectivity index (χ1) is 16.0. The van der Waals surface area contributed by atoms with Crippen LogP contribution in [0, 0.1) is 0 Å². The number of rotatable bonds is 4. The molecule has 0 bridgehead atoms. The van der Waals surface area contributed by atoms with Crippen molar-refractivity contribution in [3.63, 3.8) is 0 Å². The first kappa shape index (κ1) is 21.4. The Kier molecular flexibility index (Phi) is 5.70. The van der Waals surface area contributed by atoms with Crippen molar-refractivity contribution in [2.24, 2.45) is 0 Å². The van der Waals surface area contributed by atoms with Crippen molar-refractivity contribution in [2.45, 2.75) is 51.1 Å². The molecule has 2 aromatic carbocycles. The fourth-order valence-electron chi connectivity index (χ4n) is 5.07. The molecule has 3 amide bonds. The van der Waals surface area contributed by atoms with Crippen LogP contribution in [0.25, 0.3) is 0 Å². The zero-order chi connectivity index (χ0) is 22.9. The highest BCUT2D eigenvalue weighted by Gasteiger charge is 2.40. The first-order valence-electron chi connectivity index (χ1n) is 11.6. The van der Waals surface area contributed by atoms with Gasteiger partial charge >= 0.3 is 5.97 Å². The van der Waals surface area contributed by atoms with Crippen LogP contribution in [0.3, 0.4) is 0 Å². The molecule has 5 rings (SSSR count). The molecule has 1 aliphatic carbocycles. The van der Waals surface area contributed by atoms with Gasteiger partial charge in [-0.1, -0.05) is 43.5 Å². The summed E-state index contributed by atoms with van der Waals surface area (Å²) in [6.07, 6.45) is 5.55. The molecule has 2 aliphatic heterocycles. The number of ether oxygens (including phenoxy) is 1. The maximum absolute atomic E-state index is 12.9. The van der Waals surface area contributed by atoms with Gasteiger partial charge in [-0.2, -0.15) is 0 Å². The number of carbonyl (C=O) groups is 4. The van der Waals surface area contributed by atoms with Gasteiger partial charge in [0.1, 0.15) is 0 Å². The fourth-order valence-corrected chi connectivity index (χ4v) is 5.07. The summed E-state index contributed by atoms with van der Waals surface area (Å²) < 4.78 is 5.26. The predicted octanol–water partition coefficient (Wildman–Crippen LogP) is 3.36. The second kappa shape index (κ2) is 8.81. The highest BCUT2D eigenvalue weighted by atomic mass is 16.5. The highest BCUT2D eigenvalue weighted by molar-refractivity contribution is 6.22. The number of carbonyl (C=O) groups excluding carboxylic acids is 4. The van der Waals surface area contributed by atoms with E-state index in [0.29, 0.717) is 18.7 Å². The third kappa shape index (κ3) is 4.03. The van der Waals surface area contributed by atoms with E-state index in [1.54, 1.807) is 4.90 Å². The Morgan fingerprint density at radius 2 is 1.64 bits per heavy atom. The summed E-state index contributed by atoms with van der Waals surface area (Å²) in [6.45, 7) is 0.720. The lowest BCUT2D eigenvalue weighted by molar-refractivity contribution is -0.135. The topological polar surface area (TPSA) is 84.0 Å². The number of amides is 3. The lowest BCUT2D eigenvalue weighted by atomic mass is 9.94. The van der Waals surface area contributed by atoms with Crippen LogP contribution in [0.15, 0.2) is 42.5 Å². The zero-order valence-electron chi connectivity index (χ0n) is 18.4. The Labute approximate surface area is 192 Å². The molecule has 2 aromatic rings. The molecule has 170 valence electrons. The van der Waals surface area contributed by atoms with Gasteiger partial charge in [0.15, 0.2) is 6.61 Å². The minimum absolute atomic E-state index is 0.0751.